The van der Waals surface area contributed by atoms with Gasteiger partial charge in [0.2, 0.25) is 5.91 Å². The summed E-state index contributed by atoms with van der Waals surface area (Å²) in [6.07, 6.45) is 0. The predicted molar refractivity (Wildman–Crippen MR) is 140 cm³/mol. The van der Waals surface area contributed by atoms with Gasteiger partial charge in [0, 0.05) is 22.1 Å². The molecular formula is C26H26ClN5OS. The minimum absolute atomic E-state index is 0.0779. The second-order valence-electron chi connectivity index (χ2n) is 7.95. The molecule has 3 aromatic carbocycles. The van der Waals surface area contributed by atoms with Gasteiger partial charge in [0.05, 0.1) is 11.8 Å². The third-order valence-electron chi connectivity index (χ3n) is 5.39. The van der Waals surface area contributed by atoms with Crippen LogP contribution < -0.4 is 10.6 Å². The largest absolute Gasteiger partial charge is 0.378 e. The lowest BCUT2D eigenvalue weighted by Gasteiger charge is -2.16. The third-order valence-corrected chi connectivity index (χ3v) is 6.69. The number of aryl methyl sites for hydroxylation is 2. The summed E-state index contributed by atoms with van der Waals surface area (Å²) in [6.45, 7) is 6.33. The van der Waals surface area contributed by atoms with Gasteiger partial charge in [0.1, 0.15) is 0 Å². The number of nitrogens with zero attached hydrogens (tertiary/aromatic N) is 3. The molecule has 34 heavy (non-hydrogen) atoms. The van der Waals surface area contributed by atoms with E-state index in [0.717, 1.165) is 34.0 Å². The van der Waals surface area contributed by atoms with Gasteiger partial charge in [-0.2, -0.15) is 0 Å². The fourth-order valence-electron chi connectivity index (χ4n) is 3.52. The Labute approximate surface area is 208 Å². The first-order valence-corrected chi connectivity index (χ1v) is 12.2. The summed E-state index contributed by atoms with van der Waals surface area (Å²) >= 11 is 7.37. The van der Waals surface area contributed by atoms with Crippen molar-refractivity contribution in [3.05, 3.63) is 94.8 Å². The van der Waals surface area contributed by atoms with Crippen LogP contribution in [-0.4, -0.2) is 25.9 Å². The first-order chi connectivity index (χ1) is 16.4. The van der Waals surface area contributed by atoms with Crippen molar-refractivity contribution in [2.24, 2.45) is 0 Å². The van der Waals surface area contributed by atoms with E-state index in [1.807, 2.05) is 98.1 Å². The summed E-state index contributed by atoms with van der Waals surface area (Å²) in [5, 5.41) is 16.2. The first kappa shape index (κ1) is 23.9. The van der Waals surface area contributed by atoms with E-state index in [9.17, 15) is 4.79 Å². The molecule has 8 heteroatoms. The highest BCUT2D eigenvalue weighted by molar-refractivity contribution is 8.00. The quantitative estimate of drug-likeness (QED) is 0.284. The van der Waals surface area contributed by atoms with Gasteiger partial charge in [-0.3, -0.25) is 9.36 Å². The molecule has 2 N–H and O–H groups in total. The average Bonchev–Trinajstić information content (AvgIpc) is 3.23. The number of para-hydroxylation sites is 2. The van der Waals surface area contributed by atoms with Crippen molar-refractivity contribution in [1.82, 2.24) is 14.8 Å². The minimum atomic E-state index is -0.372. The van der Waals surface area contributed by atoms with E-state index < -0.39 is 0 Å². The molecule has 6 nitrogen and oxygen atoms in total. The molecule has 1 heterocycles. The van der Waals surface area contributed by atoms with Gasteiger partial charge < -0.3 is 10.6 Å². The number of nitrogens with one attached hydrogen (secondary N) is 2. The monoisotopic (exact) mass is 491 g/mol. The van der Waals surface area contributed by atoms with Crippen LogP contribution in [0.15, 0.2) is 78.0 Å². The van der Waals surface area contributed by atoms with Crippen molar-refractivity contribution in [2.45, 2.75) is 37.7 Å². The van der Waals surface area contributed by atoms with Crippen LogP contribution in [0, 0.1) is 13.8 Å². The highest BCUT2D eigenvalue weighted by atomic mass is 35.5. The lowest BCUT2D eigenvalue weighted by atomic mass is 10.1. The lowest BCUT2D eigenvalue weighted by molar-refractivity contribution is -0.115. The molecule has 0 aliphatic carbocycles. The fraction of sp³-hybridized carbons (Fsp3) is 0.192. The lowest BCUT2D eigenvalue weighted by Crippen LogP contribution is -2.24. The first-order valence-electron chi connectivity index (χ1n) is 11.0. The Kier molecular flexibility index (Phi) is 7.55. The number of aromatic nitrogens is 3. The van der Waals surface area contributed by atoms with Crippen molar-refractivity contribution in [2.75, 3.05) is 10.6 Å². The highest BCUT2D eigenvalue weighted by Crippen LogP contribution is 2.28. The number of rotatable bonds is 8. The Morgan fingerprint density at radius 1 is 0.971 bits per heavy atom. The van der Waals surface area contributed by atoms with Gasteiger partial charge in [-0.05, 0) is 68.3 Å². The van der Waals surface area contributed by atoms with Crippen LogP contribution in [-0.2, 0) is 11.3 Å². The summed E-state index contributed by atoms with van der Waals surface area (Å²) in [6, 6.07) is 23.4. The normalized spacial score (nSPS) is 11.8. The molecule has 4 aromatic rings. The Bertz CT molecular complexity index is 1250. The molecular weight excluding hydrogens is 466 g/mol. The zero-order valence-corrected chi connectivity index (χ0v) is 20.8. The van der Waals surface area contributed by atoms with Crippen molar-refractivity contribution in [1.29, 1.82) is 0 Å². The molecule has 1 amide bonds. The second kappa shape index (κ2) is 10.8. The number of carbonyl (C=O) groups is 1. The number of amides is 1. The van der Waals surface area contributed by atoms with Crippen LogP contribution in [0.2, 0.25) is 5.02 Å². The molecule has 0 spiro atoms. The van der Waals surface area contributed by atoms with E-state index in [1.54, 1.807) is 0 Å². The molecule has 4 rings (SSSR count). The van der Waals surface area contributed by atoms with Crippen molar-refractivity contribution in [3.8, 4) is 5.69 Å². The SMILES string of the molecule is Cc1cccc(C)c1NC(=O)C(C)Sc1nnc(CNc2ccc(Cl)cc2)n1-c1ccccc1. The molecule has 1 atom stereocenters. The molecule has 1 aromatic heterocycles. The summed E-state index contributed by atoms with van der Waals surface area (Å²) in [5.41, 5.74) is 4.80. The highest BCUT2D eigenvalue weighted by Gasteiger charge is 2.22. The Balaban J connectivity index is 1.55. The Hall–Kier alpha value is -3.29. The minimum Gasteiger partial charge on any atom is -0.378 e. The van der Waals surface area contributed by atoms with Crippen LogP contribution in [0.4, 0.5) is 11.4 Å². The third kappa shape index (κ3) is 5.61. The summed E-state index contributed by atoms with van der Waals surface area (Å²) < 4.78 is 1.98. The second-order valence-corrected chi connectivity index (χ2v) is 9.69. The van der Waals surface area contributed by atoms with E-state index in [4.69, 9.17) is 11.6 Å². The van der Waals surface area contributed by atoms with Crippen LogP contribution in [0.5, 0.6) is 0 Å². The molecule has 0 aliphatic heterocycles. The number of carbonyl (C=O) groups excluding carboxylic acids is 1. The van der Waals surface area contributed by atoms with Gasteiger partial charge in [-0.1, -0.05) is 59.8 Å². The molecule has 0 bridgehead atoms. The fourth-order valence-corrected chi connectivity index (χ4v) is 4.54. The van der Waals surface area contributed by atoms with E-state index in [2.05, 4.69) is 20.8 Å². The average molecular weight is 492 g/mol. The van der Waals surface area contributed by atoms with Crippen molar-refractivity contribution >= 4 is 40.6 Å². The van der Waals surface area contributed by atoms with Crippen LogP contribution in [0.25, 0.3) is 5.69 Å². The number of anilines is 2. The Morgan fingerprint density at radius 3 is 2.32 bits per heavy atom. The molecule has 1 unspecified atom stereocenters. The molecule has 0 aliphatic rings. The number of thioether (sulfide) groups is 1. The van der Waals surface area contributed by atoms with Gasteiger partial charge >= 0.3 is 0 Å². The molecule has 0 radical (unpaired) electrons. The molecule has 0 fully saturated rings. The zero-order valence-electron chi connectivity index (χ0n) is 19.2. The summed E-state index contributed by atoms with van der Waals surface area (Å²) in [4.78, 5) is 13.0. The van der Waals surface area contributed by atoms with Gasteiger partial charge in [-0.25, -0.2) is 0 Å². The molecule has 0 saturated heterocycles. The zero-order chi connectivity index (χ0) is 24.1. The maximum atomic E-state index is 13.0. The summed E-state index contributed by atoms with van der Waals surface area (Å²) in [7, 11) is 0. The van der Waals surface area contributed by atoms with Crippen LogP contribution in [0.1, 0.15) is 23.9 Å². The van der Waals surface area contributed by atoms with Crippen molar-refractivity contribution in [3.63, 3.8) is 0 Å². The number of hydrogen-bond acceptors (Lipinski definition) is 5. The number of hydrogen-bond donors (Lipinski definition) is 2. The maximum absolute atomic E-state index is 13.0. The number of benzene rings is 3. The Morgan fingerprint density at radius 2 is 1.65 bits per heavy atom. The van der Waals surface area contributed by atoms with Crippen LogP contribution >= 0.6 is 23.4 Å². The smallest absolute Gasteiger partial charge is 0.237 e. The van der Waals surface area contributed by atoms with Crippen molar-refractivity contribution < 1.29 is 4.79 Å². The maximum Gasteiger partial charge on any atom is 0.237 e. The van der Waals surface area contributed by atoms with E-state index in [0.29, 0.717) is 16.7 Å². The van der Waals surface area contributed by atoms with Crippen LogP contribution in [0.3, 0.4) is 0 Å². The topological polar surface area (TPSA) is 71.8 Å². The molecule has 0 saturated carbocycles. The van der Waals surface area contributed by atoms with E-state index in [-0.39, 0.29) is 11.2 Å². The van der Waals surface area contributed by atoms with Gasteiger partial charge in [0.25, 0.3) is 0 Å². The van der Waals surface area contributed by atoms with Gasteiger partial charge in [-0.15, -0.1) is 10.2 Å². The van der Waals surface area contributed by atoms with E-state index >= 15 is 0 Å². The standard InChI is InChI=1S/C26H26ClN5OS/c1-17-8-7-9-18(2)24(17)29-25(33)19(3)34-26-31-30-23(32(26)22-10-5-4-6-11-22)16-28-21-14-12-20(27)13-15-21/h4-15,19,28H,16H2,1-3H3,(H,29,33). The predicted octanol–water partition coefficient (Wildman–Crippen LogP) is 6.27. The van der Waals surface area contributed by atoms with Gasteiger partial charge in [0.15, 0.2) is 11.0 Å². The molecule has 174 valence electrons. The number of halogens is 1. The summed E-state index contributed by atoms with van der Waals surface area (Å²) in [5.74, 6) is 0.664. The van der Waals surface area contributed by atoms with E-state index in [1.165, 1.54) is 11.8 Å².